The predicted molar refractivity (Wildman–Crippen MR) is 141 cm³/mol. The first kappa shape index (κ1) is 28.0. The zero-order chi connectivity index (χ0) is 28.3. The van der Waals surface area contributed by atoms with Crippen molar-refractivity contribution in [2.24, 2.45) is 0 Å². The maximum atomic E-state index is 12.2. The van der Waals surface area contributed by atoms with Crippen LogP contribution in [0.3, 0.4) is 0 Å². The summed E-state index contributed by atoms with van der Waals surface area (Å²) >= 11 is 0. The lowest BCUT2D eigenvalue weighted by atomic mass is 10.1. The van der Waals surface area contributed by atoms with Gasteiger partial charge >= 0.3 is 5.97 Å². The molecule has 1 saturated heterocycles. The summed E-state index contributed by atoms with van der Waals surface area (Å²) in [7, 11) is 0. The minimum absolute atomic E-state index is 0.0776. The Labute approximate surface area is 225 Å². The van der Waals surface area contributed by atoms with Gasteiger partial charge in [-0.15, -0.1) is 0 Å². The lowest BCUT2D eigenvalue weighted by Gasteiger charge is -2.19. The smallest absolute Gasteiger partial charge is 0.306 e. The second kappa shape index (κ2) is 11.4. The number of imidazole rings is 1. The monoisotopic (exact) mass is 536 g/mol. The molecule has 2 aromatic heterocycles. The molecule has 0 bridgehead atoms. The first-order valence-corrected chi connectivity index (χ1v) is 12.6. The van der Waals surface area contributed by atoms with Crippen molar-refractivity contribution in [3.05, 3.63) is 47.5 Å². The largest absolute Gasteiger partial charge is 0.460 e. The Bertz CT molecular complexity index is 1420. The number of aromatic nitrogens is 4. The molecule has 4 rings (SSSR count). The summed E-state index contributed by atoms with van der Waals surface area (Å²) in [5, 5.41) is 23.5. The Morgan fingerprint density at radius 3 is 2.54 bits per heavy atom. The van der Waals surface area contributed by atoms with Gasteiger partial charge in [-0.2, -0.15) is 0 Å². The van der Waals surface area contributed by atoms with E-state index in [-0.39, 0.29) is 35.2 Å². The first-order chi connectivity index (χ1) is 18.5. The number of ether oxygens (including phenoxy) is 2. The number of nitrogens with two attached hydrogens (primary N) is 1. The molecule has 3 heterocycles. The molecule has 39 heavy (non-hydrogen) atoms. The van der Waals surface area contributed by atoms with Crippen LogP contribution in [0.15, 0.2) is 30.6 Å². The Kier molecular flexibility index (Phi) is 8.15. The van der Waals surface area contributed by atoms with E-state index in [1.807, 2.05) is 45.0 Å². The van der Waals surface area contributed by atoms with Crippen LogP contribution in [0.1, 0.15) is 57.3 Å². The predicted octanol–water partition coefficient (Wildman–Crippen LogP) is 0.838. The van der Waals surface area contributed by atoms with Crippen molar-refractivity contribution in [2.75, 3.05) is 12.3 Å². The highest BCUT2D eigenvalue weighted by atomic mass is 16.6. The van der Waals surface area contributed by atoms with Crippen LogP contribution in [0.2, 0.25) is 0 Å². The van der Waals surface area contributed by atoms with Crippen molar-refractivity contribution in [1.29, 1.82) is 0 Å². The molecule has 1 aliphatic heterocycles. The molecule has 12 nitrogen and oxygen atoms in total. The van der Waals surface area contributed by atoms with Crippen LogP contribution in [-0.4, -0.2) is 72.1 Å². The van der Waals surface area contributed by atoms with Crippen molar-refractivity contribution in [2.45, 2.75) is 70.7 Å². The number of rotatable bonds is 6. The summed E-state index contributed by atoms with van der Waals surface area (Å²) in [5.41, 5.74) is 7.74. The van der Waals surface area contributed by atoms with E-state index in [0.29, 0.717) is 18.5 Å². The normalized spacial score (nSPS) is 20.9. The third kappa shape index (κ3) is 6.51. The molecule has 0 spiro atoms. The Hall–Kier alpha value is -4.05. The lowest BCUT2D eigenvalue weighted by Crippen LogP contribution is -2.42. The Morgan fingerprint density at radius 2 is 1.87 bits per heavy atom. The van der Waals surface area contributed by atoms with Gasteiger partial charge in [-0.25, -0.2) is 15.0 Å². The number of hydrogen-bond acceptors (Lipinski definition) is 10. The van der Waals surface area contributed by atoms with Gasteiger partial charge < -0.3 is 30.7 Å². The number of benzene rings is 1. The lowest BCUT2D eigenvalue weighted by molar-refractivity contribution is -0.154. The second-order valence-electron chi connectivity index (χ2n) is 10.1. The number of carbonyl (C=O) groups is 2. The van der Waals surface area contributed by atoms with Crippen molar-refractivity contribution in [3.63, 3.8) is 0 Å². The molecule has 4 unspecified atom stereocenters. The molecule has 206 valence electrons. The molecule has 12 heteroatoms. The van der Waals surface area contributed by atoms with Crippen LogP contribution in [0.5, 0.6) is 0 Å². The summed E-state index contributed by atoms with van der Waals surface area (Å²) in [4.78, 5) is 37.0. The Balaban J connectivity index is 1.50. The van der Waals surface area contributed by atoms with Crippen LogP contribution in [0, 0.1) is 11.8 Å². The fraction of sp³-hybridized carbons (Fsp3) is 0.444. The molecule has 1 amide bonds. The number of amides is 1. The van der Waals surface area contributed by atoms with Crippen LogP contribution >= 0.6 is 0 Å². The topological polar surface area (TPSA) is 175 Å². The van der Waals surface area contributed by atoms with Crippen LogP contribution in [-0.2, 0) is 25.5 Å². The van der Waals surface area contributed by atoms with Gasteiger partial charge in [-0.3, -0.25) is 14.2 Å². The zero-order valence-corrected chi connectivity index (χ0v) is 22.2. The summed E-state index contributed by atoms with van der Waals surface area (Å²) in [6.07, 6.45) is -3.05. The average Bonchev–Trinajstić information content (AvgIpc) is 3.42. The van der Waals surface area contributed by atoms with Gasteiger partial charge in [-0.1, -0.05) is 18.1 Å². The quantitative estimate of drug-likeness (QED) is 0.261. The van der Waals surface area contributed by atoms with E-state index in [1.54, 1.807) is 6.92 Å². The maximum absolute atomic E-state index is 12.2. The fourth-order valence-electron chi connectivity index (χ4n) is 4.08. The van der Waals surface area contributed by atoms with Crippen molar-refractivity contribution >= 4 is 28.9 Å². The number of aliphatic hydroxyl groups is 2. The number of nitrogen functional groups attached to an aromatic ring is 1. The standard InChI is InChI=1S/C27H32N6O6/c1-5-29-25(37)22-20(35)21(36)26(38-22)33-14-30-19-23(28)31-17(32-24(19)33)12-10-15-6-8-16(9-7-15)11-13-18(34)39-27(2,3)4/h6-9,14,20-22,26,35-36H,5,11,13H2,1-4H3,(H,29,37)(H2,28,31,32). The molecule has 3 aromatic rings. The average molecular weight is 537 g/mol. The highest BCUT2D eigenvalue weighted by Gasteiger charge is 2.47. The minimum atomic E-state index is -1.44. The number of hydrogen-bond donors (Lipinski definition) is 4. The molecule has 1 fully saturated rings. The number of esters is 1. The van der Waals surface area contributed by atoms with Crippen molar-refractivity contribution in [3.8, 4) is 11.8 Å². The van der Waals surface area contributed by atoms with Gasteiger partial charge in [0.25, 0.3) is 5.91 Å². The van der Waals surface area contributed by atoms with Gasteiger partial charge in [0.2, 0.25) is 5.82 Å². The summed E-state index contributed by atoms with van der Waals surface area (Å²) in [6, 6.07) is 7.43. The van der Waals surface area contributed by atoms with E-state index in [0.717, 1.165) is 5.56 Å². The number of aryl methyl sites for hydroxylation is 1. The minimum Gasteiger partial charge on any atom is -0.460 e. The summed E-state index contributed by atoms with van der Waals surface area (Å²) in [5.74, 6) is 5.27. The van der Waals surface area contributed by atoms with E-state index in [9.17, 15) is 19.8 Å². The highest BCUT2D eigenvalue weighted by molar-refractivity contribution is 5.83. The van der Waals surface area contributed by atoms with E-state index in [1.165, 1.54) is 10.9 Å². The molecule has 1 aliphatic rings. The fourth-order valence-corrected chi connectivity index (χ4v) is 4.08. The number of likely N-dealkylation sites (N-methyl/N-ethyl adjacent to an activating group) is 1. The van der Waals surface area contributed by atoms with Gasteiger partial charge in [0.05, 0.1) is 6.33 Å². The number of fused-ring (bicyclic) bond motifs is 1. The molecule has 4 atom stereocenters. The number of carbonyl (C=O) groups excluding carboxylic acids is 2. The third-order valence-electron chi connectivity index (χ3n) is 5.88. The molecule has 1 aromatic carbocycles. The highest BCUT2D eigenvalue weighted by Crippen LogP contribution is 2.32. The molecule has 0 aliphatic carbocycles. The number of anilines is 1. The molecule has 0 saturated carbocycles. The number of aliphatic hydroxyl groups excluding tert-OH is 2. The Morgan fingerprint density at radius 1 is 1.15 bits per heavy atom. The van der Waals surface area contributed by atoms with Crippen molar-refractivity contribution in [1.82, 2.24) is 24.8 Å². The van der Waals surface area contributed by atoms with Gasteiger partial charge in [0.15, 0.2) is 23.8 Å². The molecular weight excluding hydrogens is 504 g/mol. The van der Waals surface area contributed by atoms with Crippen LogP contribution < -0.4 is 11.1 Å². The first-order valence-electron chi connectivity index (χ1n) is 12.6. The maximum Gasteiger partial charge on any atom is 0.306 e. The van der Waals surface area contributed by atoms with Crippen LogP contribution in [0.4, 0.5) is 5.82 Å². The van der Waals surface area contributed by atoms with Crippen LogP contribution in [0.25, 0.3) is 11.2 Å². The molecular formula is C27H32N6O6. The second-order valence-corrected chi connectivity index (χ2v) is 10.1. The van der Waals surface area contributed by atoms with Gasteiger partial charge in [0, 0.05) is 18.5 Å². The van der Waals surface area contributed by atoms with Gasteiger partial charge in [0.1, 0.15) is 23.3 Å². The zero-order valence-electron chi connectivity index (χ0n) is 22.2. The number of nitrogens with one attached hydrogen (secondary N) is 1. The third-order valence-corrected chi connectivity index (χ3v) is 5.88. The SMILES string of the molecule is CCNC(=O)C1OC(n2cnc3c(N)nc(C#Cc4ccc(CCC(=O)OC(C)(C)C)cc4)nc32)C(O)C1O. The van der Waals surface area contributed by atoms with Gasteiger partial charge in [-0.05, 0) is 57.7 Å². The summed E-state index contributed by atoms with van der Waals surface area (Å²) in [6.45, 7) is 7.59. The summed E-state index contributed by atoms with van der Waals surface area (Å²) < 4.78 is 12.4. The van der Waals surface area contributed by atoms with E-state index in [2.05, 4.69) is 32.1 Å². The van der Waals surface area contributed by atoms with E-state index < -0.39 is 36.0 Å². The van der Waals surface area contributed by atoms with E-state index >= 15 is 0 Å². The molecule has 0 radical (unpaired) electrons. The van der Waals surface area contributed by atoms with Crippen molar-refractivity contribution < 1.29 is 29.3 Å². The molecule has 5 N–H and O–H groups in total. The number of nitrogens with zero attached hydrogens (tertiary/aromatic N) is 4. The van der Waals surface area contributed by atoms with E-state index in [4.69, 9.17) is 15.2 Å².